The fourth-order valence-corrected chi connectivity index (χ4v) is 9.42. The number of fused-ring (bicyclic) bond motifs is 8. The number of carboxylic acid groups (broad SMARTS) is 4. The largest absolute Gasteiger partial charge is 0.478 e. The van der Waals surface area contributed by atoms with E-state index in [4.69, 9.17) is 0 Å². The molecule has 0 unspecified atom stereocenters. The number of carboxylic acids is 4. The Morgan fingerprint density at radius 3 is 0.481 bits per heavy atom. The number of carbonyl (C=O) groups is 4. The van der Waals surface area contributed by atoms with E-state index in [-0.39, 0.29) is 47.9 Å². The van der Waals surface area contributed by atoms with E-state index in [1.165, 1.54) is 0 Å². The molecule has 52 heavy (non-hydrogen) atoms. The molecule has 4 aromatic rings. The summed E-state index contributed by atoms with van der Waals surface area (Å²) in [5.74, 6) is -4.24. The topological polar surface area (TPSA) is 149 Å². The molecule has 0 heterocycles. The van der Waals surface area contributed by atoms with Gasteiger partial charge in [-0.15, -0.1) is 0 Å². The Hall–Kier alpha value is -5.24. The molecule has 0 aliphatic heterocycles. The van der Waals surface area contributed by atoms with Gasteiger partial charge in [-0.05, 0) is 220 Å². The standard InChI is InChI=1S/C44H48O8/c1-17-29-13-31-18(2)33(25(9)38(23(31)7)42(47)48)15-35-20(4)36(28(12)40(27(35)11)44(51)52)16-34-19(3)32(24(8)39(26(34)10)43(49)50)14-30(17)22(6)37(21(29)5)41(45)46/h13-16H2,1-12H3,(H,45,46)(H,47,48)(H,49,50)(H,51,52). The van der Waals surface area contributed by atoms with Gasteiger partial charge < -0.3 is 20.4 Å². The van der Waals surface area contributed by atoms with Crippen LogP contribution in [0.5, 0.6) is 0 Å². The zero-order valence-corrected chi connectivity index (χ0v) is 32.3. The molecule has 1 aliphatic rings. The highest BCUT2D eigenvalue weighted by Gasteiger charge is 2.30. The van der Waals surface area contributed by atoms with E-state index >= 15 is 0 Å². The highest BCUT2D eigenvalue weighted by molar-refractivity contribution is 5.95. The molecule has 0 fully saturated rings. The molecule has 0 saturated heterocycles. The Balaban J connectivity index is 2.07. The van der Waals surface area contributed by atoms with Gasteiger partial charge in [-0.3, -0.25) is 0 Å². The molecule has 0 amide bonds. The highest BCUT2D eigenvalue weighted by atomic mass is 16.4. The molecule has 1 aliphatic carbocycles. The third kappa shape index (κ3) is 5.69. The van der Waals surface area contributed by atoms with Crippen molar-refractivity contribution in [2.45, 2.75) is 109 Å². The molecule has 8 bridgehead atoms. The minimum atomic E-state index is -1.06. The van der Waals surface area contributed by atoms with Crippen molar-refractivity contribution in [2.24, 2.45) is 0 Å². The van der Waals surface area contributed by atoms with Crippen molar-refractivity contribution < 1.29 is 39.6 Å². The van der Waals surface area contributed by atoms with Gasteiger partial charge in [0.05, 0.1) is 22.3 Å². The predicted molar refractivity (Wildman–Crippen MR) is 202 cm³/mol. The lowest BCUT2D eigenvalue weighted by Gasteiger charge is -2.28. The molecule has 4 N–H and O–H groups in total. The number of hydrogen-bond acceptors (Lipinski definition) is 4. The molecule has 0 aromatic heterocycles. The smallest absolute Gasteiger partial charge is 0.336 e. The summed E-state index contributed by atoms with van der Waals surface area (Å²) in [6.45, 7) is 22.3. The number of hydrogen-bond donors (Lipinski definition) is 4. The van der Waals surface area contributed by atoms with E-state index in [0.29, 0.717) is 44.5 Å². The van der Waals surface area contributed by atoms with E-state index < -0.39 is 23.9 Å². The maximum atomic E-state index is 12.9. The Bertz CT molecular complexity index is 1880. The molecule has 8 nitrogen and oxygen atoms in total. The minimum Gasteiger partial charge on any atom is -0.478 e. The van der Waals surface area contributed by atoms with Crippen molar-refractivity contribution in [1.29, 1.82) is 0 Å². The van der Waals surface area contributed by atoms with Crippen molar-refractivity contribution in [3.63, 3.8) is 0 Å². The lowest BCUT2D eigenvalue weighted by molar-refractivity contribution is 0.0684. The zero-order valence-electron chi connectivity index (χ0n) is 32.3. The van der Waals surface area contributed by atoms with Crippen LogP contribution in [0.3, 0.4) is 0 Å². The van der Waals surface area contributed by atoms with Crippen LogP contribution in [0.15, 0.2) is 0 Å². The Morgan fingerprint density at radius 1 is 0.269 bits per heavy atom. The predicted octanol–water partition coefficient (Wildman–Crippen LogP) is 8.86. The second-order valence-electron chi connectivity index (χ2n) is 14.8. The van der Waals surface area contributed by atoms with Gasteiger partial charge in [0.1, 0.15) is 0 Å². The first-order chi connectivity index (χ1) is 24.1. The van der Waals surface area contributed by atoms with E-state index in [0.717, 1.165) is 66.8 Å². The first-order valence-electron chi connectivity index (χ1n) is 17.5. The summed E-state index contributed by atoms with van der Waals surface area (Å²) in [5.41, 5.74) is 15.5. The van der Waals surface area contributed by atoms with Crippen molar-refractivity contribution in [2.75, 3.05) is 0 Å². The van der Waals surface area contributed by atoms with Gasteiger partial charge in [-0.1, -0.05) is 0 Å². The van der Waals surface area contributed by atoms with Gasteiger partial charge >= 0.3 is 23.9 Å². The molecule has 272 valence electrons. The molecular formula is C44H48O8. The lowest BCUT2D eigenvalue weighted by Crippen LogP contribution is -2.19. The minimum absolute atomic E-state index is 0.192. The average Bonchev–Trinajstić information content (AvgIpc) is 3.02. The third-order valence-electron chi connectivity index (χ3n) is 12.5. The van der Waals surface area contributed by atoms with E-state index in [1.54, 1.807) is 55.4 Å². The van der Waals surface area contributed by atoms with Gasteiger partial charge in [0.15, 0.2) is 0 Å². The number of rotatable bonds is 4. The Kier molecular flexibility index (Phi) is 9.78. The Labute approximate surface area is 305 Å². The summed E-state index contributed by atoms with van der Waals surface area (Å²) in [6, 6.07) is 0. The SMILES string of the molecule is Cc1c2c(C)c(C(=O)O)c(C)c1Cc1c(C)c(c(C)c(C(=O)O)c1C)Cc1c(C)c(c(C)c(C(=O)O)c1C)Cc1c(C)c(c(C)c(C(=O)O)c1C)C2. The van der Waals surface area contributed by atoms with Crippen LogP contribution < -0.4 is 0 Å². The van der Waals surface area contributed by atoms with Gasteiger partial charge in [0.25, 0.3) is 0 Å². The van der Waals surface area contributed by atoms with Crippen LogP contribution in [0.1, 0.15) is 153 Å². The van der Waals surface area contributed by atoms with Crippen molar-refractivity contribution in [3.05, 3.63) is 134 Å². The van der Waals surface area contributed by atoms with Gasteiger partial charge in [-0.25, -0.2) is 19.2 Å². The maximum absolute atomic E-state index is 12.9. The van der Waals surface area contributed by atoms with E-state index in [9.17, 15) is 39.6 Å². The molecule has 0 atom stereocenters. The summed E-state index contributed by atoms with van der Waals surface area (Å²) in [7, 11) is 0. The Morgan fingerprint density at radius 2 is 0.385 bits per heavy atom. The summed E-state index contributed by atoms with van der Waals surface area (Å²) >= 11 is 0. The summed E-state index contributed by atoms with van der Waals surface area (Å²) in [6.07, 6.45) is 1.13. The van der Waals surface area contributed by atoms with Crippen LogP contribution in [0, 0.1) is 83.1 Å². The van der Waals surface area contributed by atoms with Gasteiger partial charge in [-0.2, -0.15) is 0 Å². The summed E-state index contributed by atoms with van der Waals surface area (Å²) < 4.78 is 0. The monoisotopic (exact) mass is 704 g/mol. The molecular weight excluding hydrogens is 656 g/mol. The third-order valence-corrected chi connectivity index (χ3v) is 12.5. The van der Waals surface area contributed by atoms with Crippen molar-refractivity contribution in [1.82, 2.24) is 0 Å². The first kappa shape index (κ1) is 38.0. The number of benzene rings is 4. The van der Waals surface area contributed by atoms with Crippen molar-refractivity contribution >= 4 is 23.9 Å². The second kappa shape index (κ2) is 13.4. The summed E-state index contributed by atoms with van der Waals surface area (Å²) in [5, 5.41) is 42.2. The van der Waals surface area contributed by atoms with Gasteiger partial charge in [0, 0.05) is 0 Å². The second-order valence-corrected chi connectivity index (χ2v) is 14.8. The molecule has 0 saturated carbocycles. The van der Waals surface area contributed by atoms with Gasteiger partial charge in [0.2, 0.25) is 0 Å². The van der Waals surface area contributed by atoms with Crippen LogP contribution >= 0.6 is 0 Å². The molecule has 5 rings (SSSR count). The van der Waals surface area contributed by atoms with Crippen molar-refractivity contribution in [3.8, 4) is 0 Å². The molecule has 0 radical (unpaired) electrons. The quantitative estimate of drug-likeness (QED) is 0.145. The maximum Gasteiger partial charge on any atom is 0.336 e. The lowest BCUT2D eigenvalue weighted by atomic mass is 9.76. The fraction of sp³-hybridized carbons (Fsp3) is 0.364. The zero-order chi connectivity index (χ0) is 39.0. The fourth-order valence-electron chi connectivity index (χ4n) is 9.42. The van der Waals surface area contributed by atoms with Crippen LogP contribution in [0.25, 0.3) is 0 Å². The summed E-state index contributed by atoms with van der Waals surface area (Å²) in [4.78, 5) is 51.7. The normalized spacial score (nSPS) is 12.5. The molecule has 4 aromatic carbocycles. The first-order valence-corrected chi connectivity index (χ1v) is 17.5. The molecule has 8 heteroatoms. The average molecular weight is 705 g/mol. The van der Waals surface area contributed by atoms with Crippen LogP contribution in [-0.4, -0.2) is 44.3 Å². The van der Waals surface area contributed by atoms with E-state index in [2.05, 4.69) is 0 Å². The van der Waals surface area contributed by atoms with Crippen LogP contribution in [-0.2, 0) is 25.7 Å². The van der Waals surface area contributed by atoms with E-state index in [1.807, 2.05) is 27.7 Å². The van der Waals surface area contributed by atoms with Crippen LogP contribution in [0.2, 0.25) is 0 Å². The number of aromatic carboxylic acids is 4. The van der Waals surface area contributed by atoms with Crippen LogP contribution in [0.4, 0.5) is 0 Å². The molecule has 0 spiro atoms. The highest BCUT2D eigenvalue weighted by Crippen LogP contribution is 2.40.